The second-order valence-electron chi connectivity index (χ2n) is 8.53. The first-order chi connectivity index (χ1) is 17.1. The predicted octanol–water partition coefficient (Wildman–Crippen LogP) is 2.66. The van der Waals surface area contributed by atoms with E-state index in [0.717, 1.165) is 30.3 Å². The fraction of sp³-hybridized carbons (Fsp3) is 0.478. The van der Waals surface area contributed by atoms with Crippen LogP contribution >= 0.6 is 0 Å². The van der Waals surface area contributed by atoms with Gasteiger partial charge in [0.25, 0.3) is 0 Å². The number of rotatable bonds is 11. The Labute approximate surface area is 206 Å². The number of nitrogens with zero attached hydrogens (tertiary/aromatic N) is 5. The van der Waals surface area contributed by atoms with Gasteiger partial charge in [-0.1, -0.05) is 49.5 Å². The number of carboxylic acid groups (broad SMARTS) is 1. The van der Waals surface area contributed by atoms with Crippen molar-refractivity contribution in [2.45, 2.75) is 63.0 Å². The molecule has 1 aromatic heterocycles. The number of carbonyl (C=O) groups excluding carboxylic acids is 1. The number of aliphatic hydroxyl groups is 2. The SMILES string of the molecule is CCCCCCC(=O)Nc1ccn(C2COC(N=[N+]=[N-])(C(O)(O)c3ccccc3C(=O)O)C2)c(=O)n1. The van der Waals surface area contributed by atoms with E-state index in [1.165, 1.54) is 36.5 Å². The quantitative estimate of drug-likeness (QED) is 0.118. The molecular formula is C23H28N6O7. The molecule has 2 heterocycles. The molecule has 36 heavy (non-hydrogen) atoms. The van der Waals surface area contributed by atoms with Crippen LogP contribution in [0.15, 0.2) is 46.4 Å². The molecule has 0 radical (unpaired) electrons. The summed E-state index contributed by atoms with van der Waals surface area (Å²) in [5, 5.41) is 37.6. The van der Waals surface area contributed by atoms with Gasteiger partial charge in [0.05, 0.1) is 18.2 Å². The first-order valence-corrected chi connectivity index (χ1v) is 11.5. The number of unbranched alkanes of at least 4 members (excludes halogenated alkanes) is 3. The molecular weight excluding hydrogens is 472 g/mol. The highest BCUT2D eigenvalue weighted by Gasteiger charge is 2.58. The normalized spacial score (nSPS) is 19.5. The maximum atomic E-state index is 12.7. The number of nitrogens with one attached hydrogen (secondary N) is 1. The number of ether oxygens (including phenoxy) is 1. The first-order valence-electron chi connectivity index (χ1n) is 11.5. The summed E-state index contributed by atoms with van der Waals surface area (Å²) in [6.07, 6.45) is 5.05. The van der Waals surface area contributed by atoms with Crippen molar-refractivity contribution in [3.63, 3.8) is 0 Å². The van der Waals surface area contributed by atoms with E-state index in [2.05, 4.69) is 27.3 Å². The van der Waals surface area contributed by atoms with Crippen molar-refractivity contribution in [2.75, 3.05) is 11.9 Å². The predicted molar refractivity (Wildman–Crippen MR) is 127 cm³/mol. The van der Waals surface area contributed by atoms with Crippen LogP contribution in [0, 0.1) is 0 Å². The highest BCUT2D eigenvalue weighted by molar-refractivity contribution is 5.90. The van der Waals surface area contributed by atoms with Gasteiger partial charge in [-0.25, -0.2) is 9.59 Å². The van der Waals surface area contributed by atoms with Crippen LogP contribution in [0.4, 0.5) is 5.82 Å². The Kier molecular flexibility index (Phi) is 8.43. The van der Waals surface area contributed by atoms with Crippen molar-refractivity contribution in [1.29, 1.82) is 0 Å². The third kappa shape index (κ3) is 5.55. The van der Waals surface area contributed by atoms with Crippen LogP contribution in [0.25, 0.3) is 10.4 Å². The summed E-state index contributed by atoms with van der Waals surface area (Å²) in [5.74, 6) is -4.64. The van der Waals surface area contributed by atoms with E-state index in [0.29, 0.717) is 6.42 Å². The maximum Gasteiger partial charge on any atom is 0.349 e. The molecule has 0 bridgehead atoms. The number of aromatic nitrogens is 2. The summed E-state index contributed by atoms with van der Waals surface area (Å²) in [6.45, 7) is 1.81. The molecule has 1 aliphatic heterocycles. The molecule has 1 saturated heterocycles. The Morgan fingerprint density at radius 2 is 2.06 bits per heavy atom. The van der Waals surface area contributed by atoms with E-state index in [-0.39, 0.29) is 24.8 Å². The maximum absolute atomic E-state index is 12.7. The molecule has 192 valence electrons. The number of hydrogen-bond donors (Lipinski definition) is 4. The number of anilines is 1. The van der Waals surface area contributed by atoms with Crippen LogP contribution in [-0.4, -0.2) is 49.1 Å². The zero-order chi connectivity index (χ0) is 26.3. The highest BCUT2D eigenvalue weighted by atomic mass is 16.6. The molecule has 0 aliphatic carbocycles. The molecule has 0 spiro atoms. The van der Waals surface area contributed by atoms with E-state index < -0.39 is 40.3 Å². The van der Waals surface area contributed by atoms with Gasteiger partial charge in [0.2, 0.25) is 17.4 Å². The molecule has 13 heteroatoms. The van der Waals surface area contributed by atoms with E-state index in [4.69, 9.17) is 10.3 Å². The van der Waals surface area contributed by atoms with E-state index in [1.54, 1.807) is 0 Å². The lowest BCUT2D eigenvalue weighted by molar-refractivity contribution is -0.284. The molecule has 1 fully saturated rings. The van der Waals surface area contributed by atoms with Gasteiger partial charge in [-0.05, 0) is 24.1 Å². The molecule has 2 aromatic rings. The largest absolute Gasteiger partial charge is 0.478 e. The van der Waals surface area contributed by atoms with Gasteiger partial charge >= 0.3 is 11.7 Å². The van der Waals surface area contributed by atoms with Gasteiger partial charge < -0.3 is 25.4 Å². The van der Waals surface area contributed by atoms with Gasteiger partial charge in [0, 0.05) is 29.5 Å². The van der Waals surface area contributed by atoms with Crippen molar-refractivity contribution < 1.29 is 29.6 Å². The van der Waals surface area contributed by atoms with Crippen molar-refractivity contribution in [3.05, 3.63) is 68.6 Å². The molecule has 1 amide bonds. The lowest BCUT2D eigenvalue weighted by atomic mass is 9.88. The van der Waals surface area contributed by atoms with Crippen LogP contribution < -0.4 is 11.0 Å². The van der Waals surface area contributed by atoms with Crippen LogP contribution in [-0.2, 0) is 15.3 Å². The molecule has 2 unspecified atom stereocenters. The number of carbonyl (C=O) groups is 2. The summed E-state index contributed by atoms with van der Waals surface area (Å²) < 4.78 is 6.70. The summed E-state index contributed by atoms with van der Waals surface area (Å²) in [5.41, 5.74) is 5.19. The highest BCUT2D eigenvalue weighted by Crippen LogP contribution is 2.46. The van der Waals surface area contributed by atoms with Crippen molar-refractivity contribution >= 4 is 17.7 Å². The third-order valence-electron chi connectivity index (χ3n) is 6.06. The minimum Gasteiger partial charge on any atom is -0.478 e. The number of amides is 1. The smallest absolute Gasteiger partial charge is 0.349 e. The van der Waals surface area contributed by atoms with E-state index in [9.17, 15) is 29.7 Å². The molecule has 1 aromatic carbocycles. The zero-order valence-electron chi connectivity index (χ0n) is 19.7. The van der Waals surface area contributed by atoms with E-state index in [1.807, 2.05) is 0 Å². The summed E-state index contributed by atoms with van der Waals surface area (Å²) >= 11 is 0. The standard InChI is InChI=1S/C23H28N6O7/c1-2-3-4-5-10-19(30)25-18-11-12-29(21(33)26-18)15-13-22(27-28-24,36-14-15)23(34,35)17-9-7-6-8-16(17)20(31)32/h6-9,11-12,15,34-35H,2-5,10,13-14H2,1H3,(H,31,32)(H,25,26,30,33). The molecule has 2 atom stereocenters. The average Bonchev–Trinajstić information content (AvgIpc) is 3.28. The van der Waals surface area contributed by atoms with Crippen molar-refractivity contribution in [3.8, 4) is 0 Å². The van der Waals surface area contributed by atoms with Crippen LogP contribution in [0.2, 0.25) is 0 Å². The lowest BCUT2D eigenvalue weighted by Gasteiger charge is -2.37. The van der Waals surface area contributed by atoms with Gasteiger partial charge in [0.1, 0.15) is 5.82 Å². The van der Waals surface area contributed by atoms with Gasteiger partial charge in [0.15, 0.2) is 0 Å². The Morgan fingerprint density at radius 3 is 2.72 bits per heavy atom. The third-order valence-corrected chi connectivity index (χ3v) is 6.06. The van der Waals surface area contributed by atoms with Crippen molar-refractivity contribution in [2.24, 2.45) is 5.11 Å². The van der Waals surface area contributed by atoms with Gasteiger partial charge in [-0.15, -0.1) is 0 Å². The zero-order valence-corrected chi connectivity index (χ0v) is 19.7. The van der Waals surface area contributed by atoms with Crippen LogP contribution in [0.3, 0.4) is 0 Å². The summed E-state index contributed by atoms with van der Waals surface area (Å²) in [4.78, 5) is 42.9. The Balaban J connectivity index is 1.82. The molecule has 0 saturated carbocycles. The Morgan fingerprint density at radius 1 is 1.31 bits per heavy atom. The number of azide groups is 1. The summed E-state index contributed by atoms with van der Waals surface area (Å²) in [7, 11) is 0. The molecule has 4 N–H and O–H groups in total. The Bertz CT molecular complexity index is 1220. The van der Waals surface area contributed by atoms with Crippen molar-refractivity contribution in [1.82, 2.24) is 9.55 Å². The monoisotopic (exact) mass is 500 g/mol. The fourth-order valence-corrected chi connectivity index (χ4v) is 4.17. The molecule has 1 aliphatic rings. The number of aromatic carboxylic acids is 1. The van der Waals surface area contributed by atoms with E-state index >= 15 is 0 Å². The summed E-state index contributed by atoms with van der Waals surface area (Å²) in [6, 6.07) is 5.72. The van der Waals surface area contributed by atoms with Gasteiger partial charge in [-0.3, -0.25) is 9.36 Å². The lowest BCUT2D eigenvalue weighted by Crippen LogP contribution is -2.51. The fourth-order valence-electron chi connectivity index (χ4n) is 4.17. The Hall–Kier alpha value is -3.77. The number of hydrogen-bond acceptors (Lipinski definition) is 8. The number of benzene rings is 1. The second-order valence-corrected chi connectivity index (χ2v) is 8.53. The van der Waals surface area contributed by atoms with Gasteiger partial charge in [-0.2, -0.15) is 4.98 Å². The first kappa shape index (κ1) is 26.8. The molecule has 3 rings (SSSR count). The second kappa shape index (κ2) is 11.3. The average molecular weight is 501 g/mol. The van der Waals surface area contributed by atoms with Crippen LogP contribution in [0.1, 0.15) is 67.4 Å². The number of carboxylic acids is 1. The topological polar surface area (TPSA) is 200 Å². The molecule has 13 nitrogen and oxygen atoms in total. The minimum atomic E-state index is -3.04. The van der Waals surface area contributed by atoms with Crippen LogP contribution in [0.5, 0.6) is 0 Å². The minimum absolute atomic E-state index is 0.0750.